The Hall–Kier alpha value is -3.23. The monoisotopic (exact) mass is 399 g/mol. The Labute approximate surface area is 153 Å². The standard InChI is InChI=1S/C19H8F7NO/c20-14-13(19(24,25)26)15(21)17(23)18(16(14)22)27-9-5-1-3-7-11(9)28-12-8-4-2-6-10(12)27/h1-8H. The van der Waals surface area contributed by atoms with Gasteiger partial charge in [-0.05, 0) is 24.3 Å². The van der Waals surface area contributed by atoms with Crippen molar-refractivity contribution in [1.82, 2.24) is 0 Å². The van der Waals surface area contributed by atoms with Crippen LogP contribution in [0.15, 0.2) is 48.5 Å². The van der Waals surface area contributed by atoms with Crippen LogP contribution in [0, 0.1) is 23.3 Å². The van der Waals surface area contributed by atoms with Crippen LogP contribution >= 0.6 is 0 Å². The molecule has 0 aliphatic carbocycles. The fourth-order valence-electron chi connectivity index (χ4n) is 3.01. The van der Waals surface area contributed by atoms with E-state index in [1.54, 1.807) is 12.1 Å². The van der Waals surface area contributed by atoms with Crippen LogP contribution < -0.4 is 9.64 Å². The Kier molecular flexibility index (Phi) is 3.99. The molecule has 9 heteroatoms. The van der Waals surface area contributed by atoms with Gasteiger partial charge in [0.15, 0.2) is 34.8 Å². The van der Waals surface area contributed by atoms with Crippen LogP contribution in [0.4, 0.5) is 47.8 Å². The number of rotatable bonds is 1. The molecule has 0 saturated carbocycles. The molecule has 0 saturated heterocycles. The first-order valence-corrected chi connectivity index (χ1v) is 7.81. The van der Waals surface area contributed by atoms with E-state index in [9.17, 15) is 30.7 Å². The second-order valence-corrected chi connectivity index (χ2v) is 5.85. The summed E-state index contributed by atoms with van der Waals surface area (Å²) in [5.41, 5.74) is -3.94. The third kappa shape index (κ3) is 2.57. The van der Waals surface area contributed by atoms with Gasteiger partial charge in [-0.2, -0.15) is 13.2 Å². The van der Waals surface area contributed by atoms with Gasteiger partial charge in [0.05, 0.1) is 11.4 Å². The van der Waals surface area contributed by atoms with Crippen molar-refractivity contribution in [1.29, 1.82) is 0 Å². The van der Waals surface area contributed by atoms with Crippen LogP contribution in [0.25, 0.3) is 0 Å². The third-order valence-corrected chi connectivity index (χ3v) is 4.18. The lowest BCUT2D eigenvalue weighted by atomic mass is 10.1. The van der Waals surface area contributed by atoms with Gasteiger partial charge in [-0.3, -0.25) is 4.90 Å². The van der Waals surface area contributed by atoms with Crippen molar-refractivity contribution < 1.29 is 35.5 Å². The maximum atomic E-state index is 14.6. The zero-order valence-electron chi connectivity index (χ0n) is 13.6. The third-order valence-electron chi connectivity index (χ3n) is 4.18. The summed E-state index contributed by atoms with van der Waals surface area (Å²) in [6.07, 6.45) is -5.62. The molecule has 144 valence electrons. The molecule has 0 aromatic heterocycles. The van der Waals surface area contributed by atoms with E-state index in [0.717, 1.165) is 4.90 Å². The molecule has 2 nitrogen and oxygen atoms in total. The fourth-order valence-corrected chi connectivity index (χ4v) is 3.01. The van der Waals surface area contributed by atoms with Gasteiger partial charge in [0.1, 0.15) is 11.3 Å². The summed E-state index contributed by atoms with van der Waals surface area (Å²) >= 11 is 0. The lowest BCUT2D eigenvalue weighted by Crippen LogP contribution is -2.22. The van der Waals surface area contributed by atoms with Crippen LogP contribution in [-0.4, -0.2) is 0 Å². The van der Waals surface area contributed by atoms with Crippen molar-refractivity contribution >= 4 is 17.1 Å². The van der Waals surface area contributed by atoms with Crippen molar-refractivity contribution in [3.63, 3.8) is 0 Å². The van der Waals surface area contributed by atoms with Crippen LogP contribution in [0.2, 0.25) is 0 Å². The highest BCUT2D eigenvalue weighted by molar-refractivity contribution is 5.86. The highest BCUT2D eigenvalue weighted by atomic mass is 19.4. The molecule has 1 heterocycles. The topological polar surface area (TPSA) is 12.5 Å². The number of hydrogen-bond donors (Lipinski definition) is 0. The van der Waals surface area contributed by atoms with E-state index in [1.165, 1.54) is 36.4 Å². The Bertz CT molecular complexity index is 1020. The Balaban J connectivity index is 2.06. The molecule has 0 N–H and O–H groups in total. The summed E-state index contributed by atoms with van der Waals surface area (Å²) < 4.78 is 102. The summed E-state index contributed by atoms with van der Waals surface area (Å²) in [4.78, 5) is 0.783. The molecule has 0 unspecified atom stereocenters. The number of benzene rings is 3. The summed E-state index contributed by atoms with van der Waals surface area (Å²) in [6, 6.07) is 11.6. The first kappa shape index (κ1) is 18.1. The minimum Gasteiger partial charge on any atom is -0.453 e. The van der Waals surface area contributed by atoms with E-state index in [1.807, 2.05) is 0 Å². The van der Waals surface area contributed by atoms with Gasteiger partial charge in [-0.15, -0.1) is 0 Å². The molecule has 0 radical (unpaired) electrons. The Morgan fingerprint density at radius 2 is 1.07 bits per heavy atom. The van der Waals surface area contributed by atoms with Crippen molar-refractivity contribution in [3.05, 3.63) is 77.4 Å². The number of ether oxygens (including phenoxy) is 1. The molecule has 3 aromatic rings. The highest BCUT2D eigenvalue weighted by Crippen LogP contribution is 2.52. The van der Waals surface area contributed by atoms with Crippen LogP contribution in [-0.2, 0) is 6.18 Å². The quantitative estimate of drug-likeness (QED) is 0.257. The molecule has 3 aromatic carbocycles. The minimum atomic E-state index is -5.62. The van der Waals surface area contributed by atoms with Crippen LogP contribution in [0.3, 0.4) is 0 Å². The molecular weight excluding hydrogens is 391 g/mol. The minimum absolute atomic E-state index is 0.00226. The maximum absolute atomic E-state index is 14.6. The van der Waals surface area contributed by atoms with Crippen molar-refractivity contribution in [2.45, 2.75) is 6.18 Å². The number of fused-ring (bicyclic) bond motifs is 2. The van der Waals surface area contributed by atoms with Gasteiger partial charge in [-0.25, -0.2) is 17.6 Å². The molecule has 1 aliphatic heterocycles. The van der Waals surface area contributed by atoms with E-state index in [0.29, 0.717) is 0 Å². The summed E-state index contributed by atoms with van der Waals surface area (Å²) in [6.45, 7) is 0. The summed E-state index contributed by atoms with van der Waals surface area (Å²) in [7, 11) is 0. The molecule has 28 heavy (non-hydrogen) atoms. The van der Waals surface area contributed by atoms with Crippen molar-refractivity contribution in [2.75, 3.05) is 4.90 Å². The van der Waals surface area contributed by atoms with Gasteiger partial charge >= 0.3 is 6.18 Å². The number of alkyl halides is 3. The predicted molar refractivity (Wildman–Crippen MR) is 86.0 cm³/mol. The van der Waals surface area contributed by atoms with Crippen LogP contribution in [0.1, 0.15) is 5.56 Å². The number of hydrogen-bond acceptors (Lipinski definition) is 2. The van der Waals surface area contributed by atoms with Gasteiger partial charge in [0, 0.05) is 0 Å². The van der Waals surface area contributed by atoms with Gasteiger partial charge in [-0.1, -0.05) is 24.3 Å². The first-order valence-electron chi connectivity index (χ1n) is 7.81. The predicted octanol–water partition coefficient (Wildman–Crippen LogP) is 6.84. The Morgan fingerprint density at radius 3 is 1.50 bits per heavy atom. The largest absolute Gasteiger partial charge is 0.453 e. The van der Waals surface area contributed by atoms with E-state index in [4.69, 9.17) is 4.74 Å². The SMILES string of the molecule is Fc1c(F)c(C(F)(F)F)c(F)c(F)c1N1c2ccccc2Oc2ccccc21. The number of halogens is 7. The van der Waals surface area contributed by atoms with Gasteiger partial charge in [0.25, 0.3) is 0 Å². The molecular formula is C19H8F7NO. The number of nitrogens with zero attached hydrogens (tertiary/aromatic N) is 1. The van der Waals surface area contributed by atoms with E-state index < -0.39 is 40.7 Å². The fraction of sp³-hybridized carbons (Fsp3) is 0.0526. The zero-order chi connectivity index (χ0) is 20.2. The average molecular weight is 399 g/mol. The maximum Gasteiger partial charge on any atom is 0.422 e. The van der Waals surface area contributed by atoms with E-state index in [2.05, 4.69) is 0 Å². The van der Waals surface area contributed by atoms with Crippen molar-refractivity contribution in [2.24, 2.45) is 0 Å². The molecule has 0 amide bonds. The second kappa shape index (κ2) is 6.15. The Morgan fingerprint density at radius 1 is 0.643 bits per heavy atom. The lowest BCUT2D eigenvalue weighted by Gasteiger charge is -2.33. The smallest absolute Gasteiger partial charge is 0.422 e. The normalized spacial score (nSPS) is 13.0. The summed E-state index contributed by atoms with van der Waals surface area (Å²) in [5, 5.41) is 0. The van der Waals surface area contributed by atoms with Crippen molar-refractivity contribution in [3.8, 4) is 11.5 Å². The number of anilines is 3. The molecule has 0 atom stereocenters. The molecule has 0 spiro atoms. The summed E-state index contributed by atoms with van der Waals surface area (Å²) in [5.74, 6) is -9.19. The van der Waals surface area contributed by atoms with Crippen LogP contribution in [0.5, 0.6) is 11.5 Å². The van der Waals surface area contributed by atoms with E-state index in [-0.39, 0.29) is 22.9 Å². The van der Waals surface area contributed by atoms with Gasteiger partial charge < -0.3 is 4.74 Å². The molecule has 0 fully saturated rings. The van der Waals surface area contributed by atoms with E-state index >= 15 is 0 Å². The first-order chi connectivity index (χ1) is 13.2. The molecule has 0 bridgehead atoms. The lowest BCUT2D eigenvalue weighted by molar-refractivity contribution is -0.143. The van der Waals surface area contributed by atoms with Gasteiger partial charge in [0.2, 0.25) is 0 Å². The molecule has 1 aliphatic rings. The second-order valence-electron chi connectivity index (χ2n) is 5.85. The average Bonchev–Trinajstić information content (AvgIpc) is 2.65. The highest BCUT2D eigenvalue weighted by Gasteiger charge is 2.44. The zero-order valence-corrected chi connectivity index (χ0v) is 13.6. The molecule has 4 rings (SSSR count). The number of para-hydroxylation sites is 4.